The zero-order valence-corrected chi connectivity index (χ0v) is 21.5. The summed E-state index contributed by atoms with van der Waals surface area (Å²) in [7, 11) is 0.0542. The van der Waals surface area contributed by atoms with Crippen molar-refractivity contribution in [3.05, 3.63) is 12.0 Å². The first-order valence-corrected chi connectivity index (χ1v) is 14.1. The van der Waals surface area contributed by atoms with Crippen molar-refractivity contribution < 1.29 is 22.7 Å². The van der Waals surface area contributed by atoms with Crippen LogP contribution in [0, 0.1) is 11.8 Å². The zero-order valence-electron chi connectivity index (χ0n) is 19.9. The standard InChI is InChI=1S/C23H40ClN3O5S/c1-4-33(29,30)26-16-9-11-27(12-10-16)23(28)15-25-20-13-18(19(24)14-22(20)32-3)17-7-5-6-8-21(17)31-2/h4,16-22,25-26H,1,5-15H2,2-3H3. The summed E-state index contributed by atoms with van der Waals surface area (Å²) in [6.45, 7) is 4.63. The van der Waals surface area contributed by atoms with E-state index < -0.39 is 10.0 Å². The van der Waals surface area contributed by atoms with Gasteiger partial charge in [0.05, 0.1) is 18.8 Å². The highest BCUT2D eigenvalue weighted by Gasteiger charge is 2.43. The SMILES string of the molecule is C=CS(=O)(=O)NC1CCN(C(=O)CNC2CC(C3CCCCC3OC)C(Cl)CC2OC)CC1. The van der Waals surface area contributed by atoms with Crippen LogP contribution in [0.1, 0.15) is 51.4 Å². The molecule has 10 heteroatoms. The number of nitrogens with one attached hydrogen (secondary N) is 2. The number of piperidine rings is 1. The van der Waals surface area contributed by atoms with Gasteiger partial charge in [0.15, 0.2) is 0 Å². The van der Waals surface area contributed by atoms with E-state index in [-0.39, 0.29) is 42.1 Å². The molecule has 1 amide bonds. The molecule has 8 nitrogen and oxygen atoms in total. The van der Waals surface area contributed by atoms with Gasteiger partial charge in [-0.25, -0.2) is 13.1 Å². The number of hydrogen-bond acceptors (Lipinski definition) is 6. The van der Waals surface area contributed by atoms with Crippen molar-refractivity contribution in [3.63, 3.8) is 0 Å². The largest absolute Gasteiger partial charge is 0.381 e. The third-order valence-corrected chi connectivity index (χ3v) is 9.32. The summed E-state index contributed by atoms with van der Waals surface area (Å²) in [6.07, 6.45) is 7.70. The predicted molar refractivity (Wildman–Crippen MR) is 130 cm³/mol. The summed E-state index contributed by atoms with van der Waals surface area (Å²) < 4.78 is 37.5. The summed E-state index contributed by atoms with van der Waals surface area (Å²) in [5.41, 5.74) is 0. The fraction of sp³-hybridized carbons (Fsp3) is 0.870. The third kappa shape index (κ3) is 7.15. The van der Waals surface area contributed by atoms with Gasteiger partial charge in [0, 0.05) is 50.2 Å². The Morgan fingerprint density at radius 1 is 1.06 bits per heavy atom. The Hall–Kier alpha value is -0.710. The quantitative estimate of drug-likeness (QED) is 0.466. The van der Waals surface area contributed by atoms with Crippen LogP contribution in [0.5, 0.6) is 0 Å². The van der Waals surface area contributed by atoms with E-state index in [0.29, 0.717) is 37.8 Å². The molecule has 0 spiro atoms. The van der Waals surface area contributed by atoms with Crippen LogP contribution in [0.15, 0.2) is 12.0 Å². The Kier molecular flexibility index (Phi) is 10.0. The molecular weight excluding hydrogens is 466 g/mol. The topological polar surface area (TPSA) is 97.0 Å². The third-order valence-electron chi connectivity index (χ3n) is 7.72. The Morgan fingerprint density at radius 2 is 1.73 bits per heavy atom. The number of alkyl halides is 1. The first-order valence-electron chi connectivity index (χ1n) is 12.1. The molecule has 6 unspecified atom stereocenters. The summed E-state index contributed by atoms with van der Waals surface area (Å²) in [4.78, 5) is 14.7. The lowest BCUT2D eigenvalue weighted by molar-refractivity contribution is -0.131. The van der Waals surface area contributed by atoms with Gasteiger partial charge in [0.25, 0.3) is 0 Å². The number of ether oxygens (including phenoxy) is 2. The van der Waals surface area contributed by atoms with E-state index >= 15 is 0 Å². The molecule has 2 N–H and O–H groups in total. The monoisotopic (exact) mass is 505 g/mol. The highest BCUT2D eigenvalue weighted by atomic mass is 35.5. The highest BCUT2D eigenvalue weighted by Crippen LogP contribution is 2.42. The second kappa shape index (κ2) is 12.3. The first-order chi connectivity index (χ1) is 15.8. The second-order valence-electron chi connectivity index (χ2n) is 9.62. The Labute approximate surface area is 203 Å². The molecule has 6 atom stereocenters. The van der Waals surface area contributed by atoms with E-state index in [2.05, 4.69) is 16.6 Å². The van der Waals surface area contributed by atoms with Crippen molar-refractivity contribution in [2.24, 2.45) is 11.8 Å². The number of amides is 1. The van der Waals surface area contributed by atoms with Crippen molar-refractivity contribution in [2.45, 2.75) is 81.0 Å². The summed E-state index contributed by atoms with van der Waals surface area (Å²) in [5.74, 6) is 0.818. The van der Waals surface area contributed by atoms with Gasteiger partial charge in [0.2, 0.25) is 15.9 Å². The minimum absolute atomic E-state index is 0.0276. The van der Waals surface area contributed by atoms with Gasteiger partial charge in [-0.2, -0.15) is 0 Å². The van der Waals surface area contributed by atoms with Gasteiger partial charge in [-0.05, 0) is 50.4 Å². The normalized spacial score (nSPS) is 34.2. The molecule has 0 aromatic heterocycles. The Bertz CT molecular complexity index is 759. The lowest BCUT2D eigenvalue weighted by Crippen LogP contribution is -2.54. The average molecular weight is 506 g/mol. The van der Waals surface area contributed by atoms with E-state index in [1.54, 1.807) is 19.1 Å². The molecule has 190 valence electrons. The predicted octanol–water partition coefficient (Wildman–Crippen LogP) is 2.24. The van der Waals surface area contributed by atoms with Crippen LogP contribution in [-0.2, 0) is 24.3 Å². The van der Waals surface area contributed by atoms with Crippen LogP contribution in [0.2, 0.25) is 0 Å². The Balaban J connectivity index is 1.52. The molecule has 3 rings (SSSR count). The molecule has 2 saturated carbocycles. The van der Waals surface area contributed by atoms with Crippen LogP contribution in [0.3, 0.4) is 0 Å². The minimum atomic E-state index is -3.45. The van der Waals surface area contributed by atoms with Crippen LogP contribution in [-0.4, -0.2) is 82.7 Å². The van der Waals surface area contributed by atoms with Gasteiger partial charge >= 0.3 is 0 Å². The number of sulfonamides is 1. The molecule has 3 aliphatic rings. The zero-order chi connectivity index (χ0) is 24.0. The minimum Gasteiger partial charge on any atom is -0.381 e. The number of hydrogen-bond donors (Lipinski definition) is 2. The fourth-order valence-corrected chi connectivity index (χ4v) is 7.10. The number of rotatable bonds is 9. The van der Waals surface area contributed by atoms with Gasteiger partial charge in [-0.1, -0.05) is 19.4 Å². The number of likely N-dealkylation sites (tertiary alicyclic amines) is 1. The fourth-order valence-electron chi connectivity index (χ4n) is 5.84. The van der Waals surface area contributed by atoms with Gasteiger partial charge in [0.1, 0.15) is 0 Å². The molecule has 1 aliphatic heterocycles. The molecule has 0 aromatic rings. The molecule has 2 aliphatic carbocycles. The summed E-state index contributed by atoms with van der Waals surface area (Å²) >= 11 is 6.84. The second-order valence-corrected chi connectivity index (χ2v) is 11.8. The number of nitrogens with zero attached hydrogens (tertiary/aromatic N) is 1. The van der Waals surface area contributed by atoms with E-state index in [9.17, 15) is 13.2 Å². The number of methoxy groups -OCH3 is 2. The number of carbonyl (C=O) groups is 1. The van der Waals surface area contributed by atoms with Crippen LogP contribution >= 0.6 is 11.6 Å². The molecule has 0 radical (unpaired) electrons. The summed E-state index contributed by atoms with van der Waals surface area (Å²) in [6, 6.07) is -0.0952. The van der Waals surface area contributed by atoms with Crippen molar-refractivity contribution in [2.75, 3.05) is 33.9 Å². The average Bonchev–Trinajstić information content (AvgIpc) is 2.83. The van der Waals surface area contributed by atoms with Gasteiger partial charge in [-0.3, -0.25) is 4.79 Å². The van der Waals surface area contributed by atoms with Crippen LogP contribution in [0.25, 0.3) is 0 Å². The van der Waals surface area contributed by atoms with Crippen molar-refractivity contribution >= 4 is 27.5 Å². The van der Waals surface area contributed by atoms with Crippen molar-refractivity contribution in [1.29, 1.82) is 0 Å². The van der Waals surface area contributed by atoms with Gasteiger partial charge < -0.3 is 19.7 Å². The number of carbonyl (C=O) groups excluding carboxylic acids is 1. The maximum atomic E-state index is 12.9. The maximum Gasteiger partial charge on any atom is 0.236 e. The lowest BCUT2D eigenvalue weighted by Gasteiger charge is -2.45. The van der Waals surface area contributed by atoms with E-state index in [4.69, 9.17) is 21.1 Å². The van der Waals surface area contributed by atoms with Crippen molar-refractivity contribution in [3.8, 4) is 0 Å². The van der Waals surface area contributed by atoms with Crippen LogP contribution < -0.4 is 10.0 Å². The smallest absolute Gasteiger partial charge is 0.236 e. The van der Waals surface area contributed by atoms with Crippen LogP contribution in [0.4, 0.5) is 0 Å². The summed E-state index contributed by atoms with van der Waals surface area (Å²) in [5, 5.41) is 4.43. The maximum absolute atomic E-state index is 12.9. The molecule has 0 bridgehead atoms. The van der Waals surface area contributed by atoms with E-state index in [1.165, 1.54) is 12.8 Å². The van der Waals surface area contributed by atoms with Crippen molar-refractivity contribution in [1.82, 2.24) is 14.9 Å². The Morgan fingerprint density at radius 3 is 2.36 bits per heavy atom. The molecule has 1 heterocycles. The molecule has 3 fully saturated rings. The van der Waals surface area contributed by atoms with Gasteiger partial charge in [-0.15, -0.1) is 11.6 Å². The van der Waals surface area contributed by atoms with E-state index in [0.717, 1.165) is 31.1 Å². The van der Waals surface area contributed by atoms with E-state index in [1.807, 2.05) is 0 Å². The first kappa shape index (κ1) is 26.9. The number of halogens is 1. The molecule has 33 heavy (non-hydrogen) atoms. The molecule has 0 aromatic carbocycles. The molecular formula is C23H40ClN3O5S. The lowest BCUT2D eigenvalue weighted by atomic mass is 9.69. The highest BCUT2D eigenvalue weighted by molar-refractivity contribution is 7.92. The molecule has 1 saturated heterocycles.